The van der Waals surface area contributed by atoms with Gasteiger partial charge in [0.2, 0.25) is 10.0 Å². The van der Waals surface area contributed by atoms with Crippen LogP contribution in [-0.4, -0.2) is 39.5 Å². The Hall–Kier alpha value is -1.11. The highest BCUT2D eigenvalue weighted by Crippen LogP contribution is 2.24. The topological polar surface area (TPSA) is 72.6 Å². The number of nitrogens with two attached hydrogens (primary N) is 1. The number of nitrogens with zero attached hydrogens (tertiary/aromatic N) is 1. The second-order valence-corrected chi connectivity index (χ2v) is 7.82. The van der Waals surface area contributed by atoms with Crippen molar-refractivity contribution >= 4 is 10.0 Å². The molecule has 0 atom stereocenters. The number of rotatable bonds is 8. The van der Waals surface area contributed by atoms with Crippen molar-refractivity contribution in [3.63, 3.8) is 0 Å². The molecule has 0 bridgehead atoms. The summed E-state index contributed by atoms with van der Waals surface area (Å²) in [6, 6.07) is 6.56. The quantitative estimate of drug-likeness (QED) is 0.797. The standard InChI is InChI=1S/C15H26N2O3S/c1-5-9-17(12-15(2,3)11-16)21(18,19)14-8-6-7-13(10-14)20-4/h6-8,10H,5,9,11-12,16H2,1-4H3. The van der Waals surface area contributed by atoms with Gasteiger partial charge in [-0.15, -0.1) is 0 Å². The number of benzene rings is 1. The summed E-state index contributed by atoms with van der Waals surface area (Å²) in [6.07, 6.45) is 0.754. The smallest absolute Gasteiger partial charge is 0.243 e. The fourth-order valence-corrected chi connectivity index (χ4v) is 3.74. The third-order valence-corrected chi connectivity index (χ3v) is 5.15. The minimum Gasteiger partial charge on any atom is -0.497 e. The van der Waals surface area contributed by atoms with E-state index in [1.54, 1.807) is 24.3 Å². The van der Waals surface area contributed by atoms with Crippen LogP contribution in [0.5, 0.6) is 5.75 Å². The van der Waals surface area contributed by atoms with E-state index in [9.17, 15) is 8.42 Å². The summed E-state index contributed by atoms with van der Waals surface area (Å²) in [5.41, 5.74) is 5.47. The van der Waals surface area contributed by atoms with Gasteiger partial charge in [0.1, 0.15) is 5.75 Å². The maximum Gasteiger partial charge on any atom is 0.243 e. The van der Waals surface area contributed by atoms with E-state index in [4.69, 9.17) is 10.5 Å². The largest absolute Gasteiger partial charge is 0.497 e. The number of hydrogen-bond acceptors (Lipinski definition) is 4. The van der Waals surface area contributed by atoms with Crippen LogP contribution < -0.4 is 10.5 Å². The van der Waals surface area contributed by atoms with Gasteiger partial charge in [-0.05, 0) is 30.5 Å². The molecule has 21 heavy (non-hydrogen) atoms. The van der Waals surface area contributed by atoms with E-state index in [0.717, 1.165) is 6.42 Å². The minimum absolute atomic E-state index is 0.253. The van der Waals surface area contributed by atoms with Crippen LogP contribution in [0.2, 0.25) is 0 Å². The zero-order chi connectivity index (χ0) is 16.1. The molecule has 0 fully saturated rings. The van der Waals surface area contributed by atoms with Crippen molar-refractivity contribution < 1.29 is 13.2 Å². The van der Waals surface area contributed by atoms with E-state index in [1.807, 2.05) is 20.8 Å². The molecule has 0 aromatic heterocycles. The summed E-state index contributed by atoms with van der Waals surface area (Å²) >= 11 is 0. The van der Waals surface area contributed by atoms with Crippen molar-refractivity contribution in [3.05, 3.63) is 24.3 Å². The number of methoxy groups -OCH3 is 1. The van der Waals surface area contributed by atoms with Crippen molar-refractivity contribution in [3.8, 4) is 5.75 Å². The Bertz CT molecular complexity index is 556. The molecule has 0 saturated heterocycles. The van der Waals surface area contributed by atoms with Crippen molar-refractivity contribution in [2.45, 2.75) is 32.1 Å². The van der Waals surface area contributed by atoms with Gasteiger partial charge in [0.25, 0.3) is 0 Å². The van der Waals surface area contributed by atoms with Crippen LogP contribution in [0.15, 0.2) is 29.2 Å². The summed E-state index contributed by atoms with van der Waals surface area (Å²) in [7, 11) is -2.02. The first-order valence-electron chi connectivity index (χ1n) is 7.11. The van der Waals surface area contributed by atoms with Crippen LogP contribution in [0.1, 0.15) is 27.2 Å². The Kier molecular flexibility index (Phi) is 6.19. The summed E-state index contributed by atoms with van der Waals surface area (Å²) in [4.78, 5) is 0.253. The molecule has 0 spiro atoms. The lowest BCUT2D eigenvalue weighted by atomic mass is 9.94. The highest BCUT2D eigenvalue weighted by molar-refractivity contribution is 7.89. The van der Waals surface area contributed by atoms with Crippen molar-refractivity contribution in [1.29, 1.82) is 0 Å². The second kappa shape index (κ2) is 7.24. The number of ether oxygens (including phenoxy) is 1. The molecule has 6 heteroatoms. The van der Waals surface area contributed by atoms with Crippen LogP contribution in [0.25, 0.3) is 0 Å². The van der Waals surface area contributed by atoms with Crippen molar-refractivity contribution in [1.82, 2.24) is 4.31 Å². The third-order valence-electron chi connectivity index (χ3n) is 3.31. The number of hydrogen-bond donors (Lipinski definition) is 1. The van der Waals surface area contributed by atoms with Crippen molar-refractivity contribution in [2.75, 3.05) is 26.7 Å². The lowest BCUT2D eigenvalue weighted by Gasteiger charge is -2.31. The molecule has 1 rings (SSSR count). The zero-order valence-electron chi connectivity index (χ0n) is 13.3. The molecule has 2 N–H and O–H groups in total. The predicted molar refractivity (Wildman–Crippen MR) is 84.9 cm³/mol. The molecule has 0 radical (unpaired) electrons. The van der Waals surface area contributed by atoms with Gasteiger partial charge in [-0.2, -0.15) is 4.31 Å². The van der Waals surface area contributed by atoms with E-state index in [-0.39, 0.29) is 10.3 Å². The van der Waals surface area contributed by atoms with Gasteiger partial charge in [-0.1, -0.05) is 26.8 Å². The maximum atomic E-state index is 12.8. The molecule has 0 amide bonds. The van der Waals surface area contributed by atoms with E-state index in [0.29, 0.717) is 25.4 Å². The Morgan fingerprint density at radius 1 is 1.33 bits per heavy atom. The molecular weight excluding hydrogens is 288 g/mol. The Balaban J connectivity index is 3.15. The van der Waals surface area contributed by atoms with Gasteiger partial charge >= 0.3 is 0 Å². The molecule has 1 aromatic rings. The van der Waals surface area contributed by atoms with Crippen LogP contribution in [0.3, 0.4) is 0 Å². The average molecular weight is 314 g/mol. The molecule has 5 nitrogen and oxygen atoms in total. The van der Waals surface area contributed by atoms with E-state index >= 15 is 0 Å². The highest BCUT2D eigenvalue weighted by Gasteiger charge is 2.29. The summed E-state index contributed by atoms with van der Waals surface area (Å²) in [5, 5.41) is 0. The molecule has 0 aliphatic rings. The molecular formula is C15H26N2O3S. The molecule has 120 valence electrons. The van der Waals surface area contributed by atoms with E-state index < -0.39 is 10.0 Å². The predicted octanol–water partition coefficient (Wildman–Crippen LogP) is 2.08. The summed E-state index contributed by atoms with van der Waals surface area (Å²) in [5.74, 6) is 0.533. The highest BCUT2D eigenvalue weighted by atomic mass is 32.2. The molecule has 0 saturated carbocycles. The second-order valence-electron chi connectivity index (χ2n) is 5.89. The SMILES string of the molecule is CCCN(CC(C)(C)CN)S(=O)(=O)c1cccc(OC)c1. The lowest BCUT2D eigenvalue weighted by molar-refractivity contribution is 0.266. The van der Waals surface area contributed by atoms with Crippen molar-refractivity contribution in [2.24, 2.45) is 11.1 Å². The molecule has 0 aliphatic carbocycles. The third kappa shape index (κ3) is 4.69. The Morgan fingerprint density at radius 2 is 2.00 bits per heavy atom. The van der Waals surface area contributed by atoms with Gasteiger partial charge < -0.3 is 10.5 Å². The van der Waals surface area contributed by atoms with E-state index in [2.05, 4.69) is 0 Å². The fraction of sp³-hybridized carbons (Fsp3) is 0.600. The fourth-order valence-electron chi connectivity index (χ4n) is 1.99. The maximum absolute atomic E-state index is 12.8. The first-order valence-corrected chi connectivity index (χ1v) is 8.55. The Morgan fingerprint density at radius 3 is 2.52 bits per heavy atom. The van der Waals surface area contributed by atoms with Crippen LogP contribution in [0, 0.1) is 5.41 Å². The van der Waals surface area contributed by atoms with Crippen LogP contribution in [-0.2, 0) is 10.0 Å². The Labute approximate surface area is 128 Å². The first-order chi connectivity index (χ1) is 9.76. The van der Waals surface area contributed by atoms with E-state index in [1.165, 1.54) is 11.4 Å². The normalized spacial score (nSPS) is 12.7. The van der Waals surface area contributed by atoms with Gasteiger partial charge in [0.05, 0.1) is 12.0 Å². The van der Waals surface area contributed by atoms with Gasteiger partial charge in [-0.3, -0.25) is 0 Å². The van der Waals surface area contributed by atoms with Crippen LogP contribution in [0.4, 0.5) is 0 Å². The van der Waals surface area contributed by atoms with Gasteiger partial charge in [0.15, 0.2) is 0 Å². The average Bonchev–Trinajstić information content (AvgIpc) is 2.46. The monoisotopic (exact) mass is 314 g/mol. The minimum atomic E-state index is -3.54. The lowest BCUT2D eigenvalue weighted by Crippen LogP contribution is -2.42. The summed E-state index contributed by atoms with van der Waals surface area (Å²) in [6.45, 7) is 7.21. The molecule has 0 heterocycles. The first kappa shape index (κ1) is 17.9. The molecule has 0 unspecified atom stereocenters. The number of sulfonamides is 1. The van der Waals surface area contributed by atoms with Gasteiger partial charge in [0, 0.05) is 19.2 Å². The zero-order valence-corrected chi connectivity index (χ0v) is 14.1. The molecule has 0 aliphatic heterocycles. The van der Waals surface area contributed by atoms with Gasteiger partial charge in [-0.25, -0.2) is 8.42 Å². The molecule has 1 aromatic carbocycles. The summed E-state index contributed by atoms with van der Waals surface area (Å²) < 4.78 is 32.2. The van der Waals surface area contributed by atoms with Crippen LogP contribution >= 0.6 is 0 Å².